The molecule has 108 valence electrons. The van der Waals surface area contributed by atoms with Crippen molar-refractivity contribution in [3.8, 4) is 0 Å². The van der Waals surface area contributed by atoms with E-state index in [-0.39, 0.29) is 0 Å². The minimum Gasteiger partial charge on any atom is -0.353 e. The maximum absolute atomic E-state index is 4.90. The molecular formula is C16H22BrN3. The van der Waals surface area contributed by atoms with Crippen molar-refractivity contribution in [3.05, 3.63) is 16.5 Å². The van der Waals surface area contributed by atoms with Gasteiger partial charge in [0.2, 0.25) is 0 Å². The molecule has 0 N–H and O–H groups in total. The molecule has 1 aromatic rings. The van der Waals surface area contributed by atoms with E-state index in [1.807, 2.05) is 0 Å². The van der Waals surface area contributed by atoms with Gasteiger partial charge in [-0.3, -0.25) is 0 Å². The Kier molecular flexibility index (Phi) is 3.45. The predicted molar refractivity (Wildman–Crippen MR) is 84.0 cm³/mol. The van der Waals surface area contributed by atoms with E-state index in [9.17, 15) is 0 Å². The van der Waals surface area contributed by atoms with Crippen molar-refractivity contribution in [2.75, 3.05) is 11.4 Å². The Balaban J connectivity index is 1.64. The van der Waals surface area contributed by atoms with Crippen LogP contribution in [-0.4, -0.2) is 22.6 Å². The maximum Gasteiger partial charge on any atom is 0.135 e. The van der Waals surface area contributed by atoms with Crippen LogP contribution in [0, 0.1) is 5.92 Å². The van der Waals surface area contributed by atoms with Gasteiger partial charge in [-0.15, -0.1) is 0 Å². The molecule has 0 aromatic carbocycles. The highest BCUT2D eigenvalue weighted by Gasteiger charge is 2.35. The van der Waals surface area contributed by atoms with Crippen LogP contribution < -0.4 is 4.90 Å². The Bertz CT molecular complexity index is 498. The van der Waals surface area contributed by atoms with Gasteiger partial charge in [-0.2, -0.15) is 0 Å². The van der Waals surface area contributed by atoms with Gasteiger partial charge in [0.15, 0.2) is 0 Å². The van der Waals surface area contributed by atoms with Crippen LogP contribution in [-0.2, 0) is 0 Å². The molecular weight excluding hydrogens is 314 g/mol. The quantitative estimate of drug-likeness (QED) is 0.755. The number of aromatic nitrogens is 2. The average molecular weight is 336 g/mol. The zero-order valence-electron chi connectivity index (χ0n) is 11.9. The van der Waals surface area contributed by atoms with Crippen LogP contribution in [0.4, 0.5) is 5.82 Å². The van der Waals surface area contributed by atoms with Crippen LogP contribution in [0.2, 0.25) is 0 Å². The third-order valence-corrected chi connectivity index (χ3v) is 5.58. The van der Waals surface area contributed by atoms with Crippen LogP contribution in [0.5, 0.6) is 0 Å². The van der Waals surface area contributed by atoms with E-state index in [4.69, 9.17) is 4.98 Å². The summed E-state index contributed by atoms with van der Waals surface area (Å²) in [6, 6.07) is 2.86. The average Bonchev–Trinajstić information content (AvgIpc) is 3.30. The molecule has 4 rings (SSSR count). The van der Waals surface area contributed by atoms with Gasteiger partial charge < -0.3 is 4.90 Å². The Hall–Kier alpha value is -0.640. The van der Waals surface area contributed by atoms with Crippen molar-refractivity contribution >= 4 is 21.7 Å². The summed E-state index contributed by atoms with van der Waals surface area (Å²) in [4.78, 5) is 12.1. The molecule has 0 spiro atoms. The van der Waals surface area contributed by atoms with Gasteiger partial charge in [0, 0.05) is 24.6 Å². The smallest absolute Gasteiger partial charge is 0.135 e. The van der Waals surface area contributed by atoms with Crippen molar-refractivity contribution in [1.82, 2.24) is 9.97 Å². The SMILES string of the molecule is Brc1cc(N2CCCC3CCCCC32)nc(C2CC2)n1. The van der Waals surface area contributed by atoms with E-state index in [1.54, 1.807) is 0 Å². The lowest BCUT2D eigenvalue weighted by atomic mass is 9.78. The highest BCUT2D eigenvalue weighted by molar-refractivity contribution is 9.10. The van der Waals surface area contributed by atoms with Crippen LogP contribution in [0.3, 0.4) is 0 Å². The van der Waals surface area contributed by atoms with Gasteiger partial charge in [-0.05, 0) is 60.4 Å². The monoisotopic (exact) mass is 335 g/mol. The van der Waals surface area contributed by atoms with Crippen molar-refractivity contribution in [2.45, 2.75) is 63.3 Å². The van der Waals surface area contributed by atoms with E-state index >= 15 is 0 Å². The first-order valence-corrected chi connectivity index (χ1v) is 8.92. The van der Waals surface area contributed by atoms with E-state index in [1.165, 1.54) is 63.7 Å². The van der Waals surface area contributed by atoms with E-state index in [0.717, 1.165) is 22.4 Å². The zero-order valence-corrected chi connectivity index (χ0v) is 13.5. The fraction of sp³-hybridized carbons (Fsp3) is 0.750. The van der Waals surface area contributed by atoms with Crippen LogP contribution >= 0.6 is 15.9 Å². The second-order valence-electron chi connectivity index (χ2n) is 6.63. The lowest BCUT2D eigenvalue weighted by Crippen LogP contribution is -2.47. The first-order chi connectivity index (χ1) is 9.81. The molecule has 4 heteroatoms. The molecule has 2 saturated carbocycles. The van der Waals surface area contributed by atoms with E-state index < -0.39 is 0 Å². The molecule has 3 aliphatic rings. The third-order valence-electron chi connectivity index (χ3n) is 5.18. The highest BCUT2D eigenvalue weighted by atomic mass is 79.9. The Morgan fingerprint density at radius 1 is 1.00 bits per heavy atom. The molecule has 2 unspecified atom stereocenters. The number of piperidine rings is 1. The standard InChI is InChI=1S/C16H22BrN3/c17-14-10-15(19-16(18-14)12-7-8-12)20-9-3-5-11-4-1-2-6-13(11)20/h10-13H,1-9H2. The Morgan fingerprint density at radius 3 is 2.65 bits per heavy atom. The Morgan fingerprint density at radius 2 is 1.80 bits per heavy atom. The number of halogens is 1. The summed E-state index contributed by atoms with van der Waals surface area (Å²) in [6.07, 6.45) is 10.9. The van der Waals surface area contributed by atoms with Crippen molar-refractivity contribution < 1.29 is 0 Å². The molecule has 1 saturated heterocycles. The number of nitrogens with zero attached hydrogens (tertiary/aromatic N) is 3. The molecule has 2 aliphatic carbocycles. The molecule has 1 aromatic heterocycles. The summed E-state index contributed by atoms with van der Waals surface area (Å²) in [5, 5.41) is 0. The van der Waals surface area contributed by atoms with E-state index in [2.05, 4.69) is 31.9 Å². The van der Waals surface area contributed by atoms with Gasteiger partial charge in [0.05, 0.1) is 0 Å². The molecule has 1 aliphatic heterocycles. The lowest BCUT2D eigenvalue weighted by Gasteiger charge is -2.44. The van der Waals surface area contributed by atoms with Gasteiger partial charge in [-0.25, -0.2) is 9.97 Å². The minimum absolute atomic E-state index is 0.623. The van der Waals surface area contributed by atoms with Crippen molar-refractivity contribution in [1.29, 1.82) is 0 Å². The molecule has 0 bridgehead atoms. The second-order valence-corrected chi connectivity index (χ2v) is 7.44. The normalized spacial score (nSPS) is 30.1. The zero-order chi connectivity index (χ0) is 13.5. The number of anilines is 1. The molecule has 2 atom stereocenters. The van der Waals surface area contributed by atoms with Gasteiger partial charge in [0.25, 0.3) is 0 Å². The van der Waals surface area contributed by atoms with Crippen LogP contribution in [0.15, 0.2) is 10.7 Å². The van der Waals surface area contributed by atoms with Gasteiger partial charge in [-0.1, -0.05) is 12.8 Å². The highest BCUT2D eigenvalue weighted by Crippen LogP contribution is 2.41. The number of rotatable bonds is 2. The fourth-order valence-corrected chi connectivity index (χ4v) is 4.39. The summed E-state index contributed by atoms with van der Waals surface area (Å²) < 4.78 is 0.960. The van der Waals surface area contributed by atoms with Crippen LogP contribution in [0.1, 0.15) is 63.1 Å². The maximum atomic E-state index is 4.90. The summed E-state index contributed by atoms with van der Waals surface area (Å²) in [5.74, 6) is 3.76. The van der Waals surface area contributed by atoms with E-state index in [0.29, 0.717) is 5.92 Å². The summed E-state index contributed by atoms with van der Waals surface area (Å²) >= 11 is 3.59. The Labute approximate surface area is 129 Å². The molecule has 2 heterocycles. The first-order valence-electron chi connectivity index (χ1n) is 8.12. The molecule has 0 amide bonds. The number of hydrogen-bond donors (Lipinski definition) is 0. The summed E-state index contributed by atoms with van der Waals surface area (Å²) in [6.45, 7) is 1.18. The summed E-state index contributed by atoms with van der Waals surface area (Å²) in [7, 11) is 0. The van der Waals surface area contributed by atoms with Crippen molar-refractivity contribution in [2.24, 2.45) is 5.92 Å². The van der Waals surface area contributed by atoms with Gasteiger partial charge >= 0.3 is 0 Å². The topological polar surface area (TPSA) is 29.0 Å². The molecule has 20 heavy (non-hydrogen) atoms. The number of hydrogen-bond acceptors (Lipinski definition) is 3. The second kappa shape index (κ2) is 5.28. The summed E-state index contributed by atoms with van der Waals surface area (Å²) in [5.41, 5.74) is 0. The predicted octanol–water partition coefficient (Wildman–Crippen LogP) is 4.28. The van der Waals surface area contributed by atoms with Crippen molar-refractivity contribution in [3.63, 3.8) is 0 Å². The molecule has 0 radical (unpaired) electrons. The minimum atomic E-state index is 0.623. The molecule has 3 fully saturated rings. The van der Waals surface area contributed by atoms with Gasteiger partial charge in [0.1, 0.15) is 16.2 Å². The third kappa shape index (κ3) is 2.47. The molecule has 3 nitrogen and oxygen atoms in total. The number of fused-ring (bicyclic) bond motifs is 1. The first kappa shape index (κ1) is 13.1. The largest absolute Gasteiger partial charge is 0.353 e. The lowest BCUT2D eigenvalue weighted by molar-refractivity contribution is 0.242. The fourth-order valence-electron chi connectivity index (χ4n) is 4.00. The van der Waals surface area contributed by atoms with Crippen LogP contribution in [0.25, 0.3) is 0 Å².